The summed E-state index contributed by atoms with van der Waals surface area (Å²) in [5, 5.41) is 14.5. The van der Waals surface area contributed by atoms with Gasteiger partial charge in [0, 0.05) is 4.88 Å². The fourth-order valence-corrected chi connectivity index (χ4v) is 5.15. The van der Waals surface area contributed by atoms with Crippen molar-refractivity contribution in [3.05, 3.63) is 73.8 Å². The predicted octanol–water partition coefficient (Wildman–Crippen LogP) is 4.61. The minimum atomic E-state index is -0.826. The Balaban J connectivity index is 1.88. The van der Waals surface area contributed by atoms with Crippen LogP contribution in [0, 0.1) is 0 Å². The highest BCUT2D eigenvalue weighted by molar-refractivity contribution is 7.12. The van der Waals surface area contributed by atoms with Crippen LogP contribution < -0.4 is 14.2 Å². The van der Waals surface area contributed by atoms with Gasteiger partial charge in [-0.2, -0.15) is 0 Å². The first-order chi connectivity index (χ1) is 15.5. The normalized spacial score (nSPS) is 15.9. The average Bonchev–Trinajstić information content (AvgIpc) is 3.57. The van der Waals surface area contributed by atoms with Crippen molar-refractivity contribution < 1.29 is 28.9 Å². The van der Waals surface area contributed by atoms with E-state index in [1.54, 1.807) is 29.6 Å². The first kappa shape index (κ1) is 21.9. The number of nitrogens with zero attached hydrogens (tertiary/aromatic N) is 1. The van der Waals surface area contributed by atoms with Gasteiger partial charge in [-0.3, -0.25) is 9.59 Å². The zero-order valence-corrected chi connectivity index (χ0v) is 19.3. The van der Waals surface area contributed by atoms with Crippen LogP contribution >= 0.6 is 22.7 Å². The van der Waals surface area contributed by atoms with E-state index in [2.05, 4.69) is 0 Å². The van der Waals surface area contributed by atoms with Gasteiger partial charge >= 0.3 is 0 Å². The Kier molecular flexibility index (Phi) is 6.20. The summed E-state index contributed by atoms with van der Waals surface area (Å²) < 4.78 is 16.4. The molecule has 1 aliphatic heterocycles. The molecule has 4 rings (SSSR count). The number of thiophene rings is 2. The van der Waals surface area contributed by atoms with Crippen LogP contribution in [0.4, 0.5) is 0 Å². The molecule has 166 valence electrons. The summed E-state index contributed by atoms with van der Waals surface area (Å²) in [6, 6.07) is 9.78. The maximum atomic E-state index is 13.4. The number of ketones is 1. The van der Waals surface area contributed by atoms with Gasteiger partial charge in [-0.1, -0.05) is 12.1 Å². The minimum Gasteiger partial charge on any atom is -0.503 e. The van der Waals surface area contributed by atoms with Crippen LogP contribution in [0.3, 0.4) is 0 Å². The van der Waals surface area contributed by atoms with E-state index < -0.39 is 23.5 Å². The number of Topliss-reactive ketones (excluding diaryl/α,β-unsaturated/α-hetero) is 1. The Morgan fingerprint density at radius 3 is 2.22 bits per heavy atom. The van der Waals surface area contributed by atoms with Crippen molar-refractivity contribution in [1.82, 2.24) is 4.90 Å². The number of methoxy groups -OCH3 is 3. The Morgan fingerprint density at radius 2 is 1.69 bits per heavy atom. The number of hydrogen-bond donors (Lipinski definition) is 1. The van der Waals surface area contributed by atoms with Gasteiger partial charge in [-0.15, -0.1) is 22.7 Å². The number of aliphatic hydroxyl groups is 1. The molecule has 1 aromatic carbocycles. The molecule has 1 amide bonds. The molecule has 0 radical (unpaired) electrons. The molecule has 1 aliphatic rings. The maximum Gasteiger partial charge on any atom is 0.290 e. The lowest BCUT2D eigenvalue weighted by Gasteiger charge is -2.27. The van der Waals surface area contributed by atoms with E-state index in [4.69, 9.17) is 14.2 Å². The van der Waals surface area contributed by atoms with E-state index in [0.717, 1.165) is 4.88 Å². The van der Waals surface area contributed by atoms with Crippen molar-refractivity contribution in [2.75, 3.05) is 21.3 Å². The van der Waals surface area contributed by atoms with Crippen LogP contribution in [0.5, 0.6) is 17.2 Å². The number of benzene rings is 1. The lowest BCUT2D eigenvalue weighted by atomic mass is 9.94. The SMILES string of the molecule is COc1cc(C2C(C(=O)c3cccs3)=C(O)C(=O)N2Cc2cccs2)cc(OC)c1OC. The van der Waals surface area contributed by atoms with Crippen molar-refractivity contribution in [3.8, 4) is 17.2 Å². The van der Waals surface area contributed by atoms with E-state index in [0.29, 0.717) is 27.7 Å². The highest BCUT2D eigenvalue weighted by atomic mass is 32.1. The molecular formula is C23H21NO6S2. The maximum absolute atomic E-state index is 13.4. The average molecular weight is 472 g/mol. The molecule has 2 aromatic heterocycles. The molecule has 7 nitrogen and oxygen atoms in total. The Labute approximate surface area is 193 Å². The third-order valence-electron chi connectivity index (χ3n) is 5.20. The van der Waals surface area contributed by atoms with E-state index in [1.165, 1.54) is 48.9 Å². The molecule has 3 aromatic rings. The molecule has 32 heavy (non-hydrogen) atoms. The van der Waals surface area contributed by atoms with Gasteiger partial charge in [0.05, 0.1) is 44.4 Å². The number of amides is 1. The molecule has 0 spiro atoms. The van der Waals surface area contributed by atoms with Crippen LogP contribution in [-0.2, 0) is 11.3 Å². The lowest BCUT2D eigenvalue weighted by Crippen LogP contribution is -2.30. The highest BCUT2D eigenvalue weighted by Crippen LogP contribution is 2.46. The third kappa shape index (κ3) is 3.74. The van der Waals surface area contributed by atoms with Crippen LogP contribution in [0.15, 0.2) is 58.5 Å². The van der Waals surface area contributed by atoms with Crippen molar-refractivity contribution in [2.24, 2.45) is 0 Å². The third-order valence-corrected chi connectivity index (χ3v) is 6.93. The van der Waals surface area contributed by atoms with E-state index in [1.807, 2.05) is 17.5 Å². The summed E-state index contributed by atoms with van der Waals surface area (Å²) in [6.45, 7) is 0.239. The Bertz CT molecular complexity index is 1140. The number of hydrogen-bond acceptors (Lipinski definition) is 8. The zero-order valence-electron chi connectivity index (χ0n) is 17.7. The summed E-state index contributed by atoms with van der Waals surface area (Å²) in [5.74, 6) is -0.361. The summed E-state index contributed by atoms with van der Waals surface area (Å²) in [4.78, 5) is 29.3. The molecule has 0 bridgehead atoms. The molecule has 0 saturated carbocycles. The number of ether oxygens (including phenoxy) is 3. The summed E-state index contributed by atoms with van der Waals surface area (Å²) >= 11 is 2.75. The van der Waals surface area contributed by atoms with E-state index >= 15 is 0 Å². The van der Waals surface area contributed by atoms with Gasteiger partial charge in [0.1, 0.15) is 0 Å². The summed E-state index contributed by atoms with van der Waals surface area (Å²) in [6.07, 6.45) is 0. The Morgan fingerprint density at radius 1 is 1.03 bits per heavy atom. The fourth-order valence-electron chi connectivity index (χ4n) is 3.77. The van der Waals surface area contributed by atoms with Gasteiger partial charge in [-0.25, -0.2) is 0 Å². The number of rotatable bonds is 8. The molecule has 9 heteroatoms. The van der Waals surface area contributed by atoms with Crippen molar-refractivity contribution in [2.45, 2.75) is 12.6 Å². The van der Waals surface area contributed by atoms with Gasteiger partial charge in [0.25, 0.3) is 5.91 Å². The summed E-state index contributed by atoms with van der Waals surface area (Å²) in [7, 11) is 4.49. The number of carbonyl (C=O) groups is 2. The monoisotopic (exact) mass is 471 g/mol. The predicted molar refractivity (Wildman–Crippen MR) is 122 cm³/mol. The second kappa shape index (κ2) is 9.05. The quantitative estimate of drug-likeness (QED) is 0.483. The molecule has 3 heterocycles. The standard InChI is InChI=1S/C23H21NO6S2/c1-28-15-10-13(11-16(29-2)22(15)30-3)19-18(20(25)17-7-5-9-32-17)21(26)23(27)24(19)12-14-6-4-8-31-14/h4-11,19,26H,12H2,1-3H3. The molecular weight excluding hydrogens is 450 g/mol. The molecule has 1 atom stereocenters. The molecule has 0 saturated heterocycles. The van der Waals surface area contributed by atoms with Crippen LogP contribution in [0.25, 0.3) is 0 Å². The fraction of sp³-hybridized carbons (Fsp3) is 0.217. The van der Waals surface area contributed by atoms with Crippen LogP contribution in [-0.4, -0.2) is 43.0 Å². The summed E-state index contributed by atoms with van der Waals surface area (Å²) in [5.41, 5.74) is 0.594. The first-order valence-corrected chi connectivity index (χ1v) is 11.4. The molecule has 0 aliphatic carbocycles. The van der Waals surface area contributed by atoms with E-state index in [9.17, 15) is 14.7 Å². The molecule has 0 fully saturated rings. The van der Waals surface area contributed by atoms with Crippen molar-refractivity contribution in [1.29, 1.82) is 0 Å². The highest BCUT2D eigenvalue weighted by Gasteiger charge is 2.44. The Hall–Kier alpha value is -3.30. The second-order valence-corrected chi connectivity index (χ2v) is 8.92. The van der Waals surface area contributed by atoms with Gasteiger partial charge in [-0.05, 0) is 40.6 Å². The topological polar surface area (TPSA) is 85.3 Å². The van der Waals surface area contributed by atoms with Gasteiger partial charge in [0.2, 0.25) is 11.5 Å². The van der Waals surface area contributed by atoms with E-state index in [-0.39, 0.29) is 12.1 Å². The minimum absolute atomic E-state index is 0.0308. The largest absolute Gasteiger partial charge is 0.503 e. The van der Waals surface area contributed by atoms with Gasteiger partial charge < -0.3 is 24.2 Å². The van der Waals surface area contributed by atoms with Crippen molar-refractivity contribution >= 4 is 34.4 Å². The first-order valence-electron chi connectivity index (χ1n) is 9.64. The smallest absolute Gasteiger partial charge is 0.290 e. The molecule has 1 unspecified atom stereocenters. The van der Waals surface area contributed by atoms with Crippen LogP contribution in [0.1, 0.15) is 26.2 Å². The number of carbonyl (C=O) groups excluding carboxylic acids is 2. The number of aliphatic hydroxyl groups excluding tert-OH is 1. The lowest BCUT2D eigenvalue weighted by molar-refractivity contribution is -0.130. The van der Waals surface area contributed by atoms with Crippen LogP contribution in [0.2, 0.25) is 0 Å². The van der Waals surface area contributed by atoms with Crippen molar-refractivity contribution in [3.63, 3.8) is 0 Å². The van der Waals surface area contributed by atoms with Gasteiger partial charge in [0.15, 0.2) is 17.3 Å². The molecule has 1 N–H and O–H groups in total. The second-order valence-electron chi connectivity index (χ2n) is 6.94. The zero-order chi connectivity index (χ0) is 22.8.